The molecule has 0 heterocycles. The molecular weight excluding hydrogens is 284 g/mol. The quantitative estimate of drug-likeness (QED) is 0.833. The molecule has 2 nitrogen and oxygen atoms in total. The van der Waals surface area contributed by atoms with E-state index in [1.54, 1.807) is 0 Å². The molecule has 2 saturated carbocycles. The highest BCUT2D eigenvalue weighted by atomic mass is 19.3. The zero-order chi connectivity index (χ0) is 15.4. The Hall–Kier alpha value is -1.16. The van der Waals surface area contributed by atoms with Gasteiger partial charge in [-0.15, -0.1) is 0 Å². The number of alkyl halides is 2. The minimum absolute atomic E-state index is 0.00913. The molecule has 22 heavy (non-hydrogen) atoms. The van der Waals surface area contributed by atoms with Crippen molar-refractivity contribution >= 4 is 0 Å². The van der Waals surface area contributed by atoms with Crippen molar-refractivity contribution in [2.45, 2.75) is 63.5 Å². The van der Waals surface area contributed by atoms with E-state index in [9.17, 15) is 8.78 Å². The van der Waals surface area contributed by atoms with E-state index in [2.05, 4.69) is 17.4 Å². The zero-order valence-electron chi connectivity index (χ0n) is 13.0. The average molecular weight is 309 g/mol. The van der Waals surface area contributed by atoms with Crippen LogP contribution in [0.15, 0.2) is 24.3 Å². The standard InChI is InChI=1S/C18H25F2NO/c19-18(20)9-7-16(8-10-18)21-12-15-5-2-6-17(11-15)22-13-14-3-1-4-14/h2,5-6,11,14,16,21H,1,3-4,7-10,12-13H2. The second-order valence-corrected chi connectivity index (χ2v) is 6.77. The summed E-state index contributed by atoms with van der Waals surface area (Å²) in [4.78, 5) is 0. The zero-order valence-corrected chi connectivity index (χ0v) is 13.0. The van der Waals surface area contributed by atoms with Crippen LogP contribution in [0.1, 0.15) is 50.5 Å². The van der Waals surface area contributed by atoms with Crippen LogP contribution in [0.4, 0.5) is 8.78 Å². The van der Waals surface area contributed by atoms with E-state index in [1.807, 2.05) is 12.1 Å². The molecule has 1 aromatic rings. The summed E-state index contributed by atoms with van der Waals surface area (Å²) in [5.74, 6) is -0.806. The summed E-state index contributed by atoms with van der Waals surface area (Å²) in [6.45, 7) is 1.53. The SMILES string of the molecule is FC1(F)CCC(NCc2cccc(OCC3CCC3)c2)CC1. The van der Waals surface area contributed by atoms with Crippen LogP contribution in [-0.4, -0.2) is 18.6 Å². The number of hydrogen-bond acceptors (Lipinski definition) is 2. The first kappa shape index (κ1) is 15.7. The Labute approximate surface area is 131 Å². The van der Waals surface area contributed by atoms with Crippen LogP contribution in [0, 0.1) is 5.92 Å². The third-order valence-corrected chi connectivity index (χ3v) is 4.92. The number of halogens is 2. The van der Waals surface area contributed by atoms with Gasteiger partial charge < -0.3 is 10.1 Å². The summed E-state index contributed by atoms with van der Waals surface area (Å²) >= 11 is 0. The number of nitrogens with one attached hydrogen (secondary N) is 1. The Balaban J connectivity index is 1.44. The van der Waals surface area contributed by atoms with Gasteiger partial charge in [0.2, 0.25) is 5.92 Å². The van der Waals surface area contributed by atoms with Gasteiger partial charge in [-0.2, -0.15) is 0 Å². The fourth-order valence-electron chi connectivity index (χ4n) is 3.13. The topological polar surface area (TPSA) is 21.3 Å². The van der Waals surface area contributed by atoms with Crippen LogP contribution < -0.4 is 10.1 Å². The van der Waals surface area contributed by atoms with Crippen LogP contribution in [0.2, 0.25) is 0 Å². The molecule has 0 bridgehead atoms. The van der Waals surface area contributed by atoms with Gasteiger partial charge >= 0.3 is 0 Å². The van der Waals surface area contributed by atoms with E-state index in [1.165, 1.54) is 19.3 Å². The minimum atomic E-state index is -2.45. The molecule has 0 atom stereocenters. The first-order valence-electron chi connectivity index (χ1n) is 8.44. The van der Waals surface area contributed by atoms with Gasteiger partial charge in [-0.1, -0.05) is 18.6 Å². The molecule has 2 aliphatic carbocycles. The van der Waals surface area contributed by atoms with Crippen molar-refractivity contribution in [3.8, 4) is 5.75 Å². The normalized spacial score (nSPS) is 22.3. The van der Waals surface area contributed by atoms with Crippen molar-refractivity contribution < 1.29 is 13.5 Å². The van der Waals surface area contributed by atoms with E-state index >= 15 is 0 Å². The van der Waals surface area contributed by atoms with Gasteiger partial charge in [0.1, 0.15) is 5.75 Å². The highest BCUT2D eigenvalue weighted by Gasteiger charge is 2.34. The fourth-order valence-corrected chi connectivity index (χ4v) is 3.13. The molecule has 122 valence electrons. The monoisotopic (exact) mass is 309 g/mol. The predicted octanol–water partition coefficient (Wildman–Crippen LogP) is 4.53. The van der Waals surface area contributed by atoms with E-state index < -0.39 is 5.92 Å². The van der Waals surface area contributed by atoms with Crippen molar-refractivity contribution in [3.05, 3.63) is 29.8 Å². The third kappa shape index (κ3) is 4.42. The van der Waals surface area contributed by atoms with Gasteiger partial charge in [-0.25, -0.2) is 8.78 Å². The smallest absolute Gasteiger partial charge is 0.248 e. The van der Waals surface area contributed by atoms with E-state index in [4.69, 9.17) is 4.74 Å². The van der Waals surface area contributed by atoms with Crippen molar-refractivity contribution in [1.29, 1.82) is 0 Å². The molecule has 1 N–H and O–H groups in total. The number of ether oxygens (including phenoxy) is 1. The van der Waals surface area contributed by atoms with Gasteiger partial charge in [-0.3, -0.25) is 0 Å². The van der Waals surface area contributed by atoms with Crippen LogP contribution in [0.3, 0.4) is 0 Å². The second-order valence-electron chi connectivity index (χ2n) is 6.77. The van der Waals surface area contributed by atoms with E-state index in [0.29, 0.717) is 12.8 Å². The predicted molar refractivity (Wildman–Crippen MR) is 83.3 cm³/mol. The van der Waals surface area contributed by atoms with Crippen molar-refractivity contribution in [1.82, 2.24) is 5.32 Å². The molecule has 0 spiro atoms. The molecule has 0 amide bonds. The summed E-state index contributed by atoms with van der Waals surface area (Å²) in [6, 6.07) is 8.31. The van der Waals surface area contributed by atoms with E-state index in [0.717, 1.165) is 30.4 Å². The molecule has 0 aromatic heterocycles. The maximum absolute atomic E-state index is 13.1. The van der Waals surface area contributed by atoms with E-state index in [-0.39, 0.29) is 18.9 Å². The highest BCUT2D eigenvalue weighted by molar-refractivity contribution is 5.28. The Bertz CT molecular complexity index is 478. The van der Waals surface area contributed by atoms with Gasteiger partial charge in [0, 0.05) is 25.4 Å². The lowest BCUT2D eigenvalue weighted by molar-refractivity contribution is -0.0405. The molecule has 1 aromatic carbocycles. The lowest BCUT2D eigenvalue weighted by Gasteiger charge is -2.29. The first-order chi connectivity index (χ1) is 10.6. The minimum Gasteiger partial charge on any atom is -0.493 e. The van der Waals surface area contributed by atoms with Gasteiger partial charge in [-0.05, 0) is 49.3 Å². The Kier molecular flexibility index (Phi) is 4.97. The van der Waals surface area contributed by atoms with Crippen LogP contribution in [-0.2, 0) is 6.54 Å². The van der Waals surface area contributed by atoms with Crippen molar-refractivity contribution in [3.63, 3.8) is 0 Å². The third-order valence-electron chi connectivity index (χ3n) is 4.92. The number of rotatable bonds is 6. The Morgan fingerprint density at radius 3 is 2.59 bits per heavy atom. The fraction of sp³-hybridized carbons (Fsp3) is 0.667. The molecule has 2 fully saturated rings. The molecule has 0 aliphatic heterocycles. The Morgan fingerprint density at radius 1 is 1.14 bits per heavy atom. The molecule has 0 saturated heterocycles. The van der Waals surface area contributed by atoms with Crippen molar-refractivity contribution in [2.75, 3.05) is 6.61 Å². The lowest BCUT2D eigenvalue weighted by Crippen LogP contribution is -2.36. The maximum Gasteiger partial charge on any atom is 0.248 e. The lowest BCUT2D eigenvalue weighted by atomic mass is 9.86. The van der Waals surface area contributed by atoms with Gasteiger partial charge in [0.15, 0.2) is 0 Å². The molecule has 4 heteroatoms. The summed E-state index contributed by atoms with van der Waals surface area (Å²) in [6.07, 6.45) is 5.04. The van der Waals surface area contributed by atoms with Gasteiger partial charge in [0.05, 0.1) is 6.61 Å². The van der Waals surface area contributed by atoms with Crippen LogP contribution in [0.25, 0.3) is 0 Å². The van der Waals surface area contributed by atoms with Crippen LogP contribution >= 0.6 is 0 Å². The molecule has 0 radical (unpaired) electrons. The summed E-state index contributed by atoms with van der Waals surface area (Å²) < 4.78 is 32.1. The Morgan fingerprint density at radius 2 is 1.91 bits per heavy atom. The number of benzene rings is 1. The molecule has 2 aliphatic rings. The second kappa shape index (κ2) is 6.95. The summed E-state index contributed by atoms with van der Waals surface area (Å²) in [5.41, 5.74) is 1.16. The number of hydrogen-bond donors (Lipinski definition) is 1. The summed E-state index contributed by atoms with van der Waals surface area (Å²) in [7, 11) is 0. The largest absolute Gasteiger partial charge is 0.493 e. The van der Waals surface area contributed by atoms with Crippen LogP contribution in [0.5, 0.6) is 5.75 Å². The first-order valence-corrected chi connectivity index (χ1v) is 8.44. The average Bonchev–Trinajstić information content (AvgIpc) is 2.45. The molecular formula is C18H25F2NO. The summed E-state index contributed by atoms with van der Waals surface area (Å²) in [5, 5.41) is 3.40. The molecule has 3 rings (SSSR count). The molecule has 0 unspecified atom stereocenters. The van der Waals surface area contributed by atoms with Crippen molar-refractivity contribution in [2.24, 2.45) is 5.92 Å². The van der Waals surface area contributed by atoms with Gasteiger partial charge in [0.25, 0.3) is 0 Å². The maximum atomic E-state index is 13.1. The highest BCUT2D eigenvalue weighted by Crippen LogP contribution is 2.33.